The molecule has 0 spiro atoms. The minimum atomic E-state index is -0.259. The van der Waals surface area contributed by atoms with E-state index in [9.17, 15) is 9.59 Å². The fourth-order valence-corrected chi connectivity index (χ4v) is 4.92. The smallest absolute Gasteiger partial charge is 0.262 e. The van der Waals surface area contributed by atoms with Crippen LogP contribution in [0.2, 0.25) is 0 Å². The fraction of sp³-hybridized carbons (Fsp3) is 0.545. The summed E-state index contributed by atoms with van der Waals surface area (Å²) in [4.78, 5) is 28.0. The van der Waals surface area contributed by atoms with Gasteiger partial charge in [-0.25, -0.2) is 0 Å². The molecule has 1 aliphatic rings. The third kappa shape index (κ3) is 3.97. The number of aromatic nitrogens is 4. The molecule has 0 bridgehead atoms. The maximum atomic E-state index is 13.1. The summed E-state index contributed by atoms with van der Waals surface area (Å²) in [7, 11) is 0. The first kappa shape index (κ1) is 20.9. The molecule has 1 amide bonds. The summed E-state index contributed by atoms with van der Waals surface area (Å²) in [5, 5.41) is 9.79. The molecule has 0 saturated carbocycles. The number of fused-ring (bicyclic) bond motifs is 3. The van der Waals surface area contributed by atoms with Gasteiger partial charge in [0, 0.05) is 19.6 Å². The lowest BCUT2D eigenvalue weighted by molar-refractivity contribution is -0.131. The third-order valence-electron chi connectivity index (χ3n) is 5.71. The minimum Gasteiger partial charge on any atom is -0.342 e. The van der Waals surface area contributed by atoms with Crippen molar-refractivity contribution >= 4 is 34.3 Å². The Morgan fingerprint density at radius 2 is 1.83 bits per heavy atom. The van der Waals surface area contributed by atoms with Crippen molar-refractivity contribution in [1.82, 2.24) is 24.1 Å². The average Bonchev–Trinajstić information content (AvgIpc) is 3.17. The molecule has 7 nitrogen and oxygen atoms in total. The molecule has 30 heavy (non-hydrogen) atoms. The van der Waals surface area contributed by atoms with Crippen LogP contribution in [0.4, 0.5) is 0 Å². The van der Waals surface area contributed by atoms with E-state index in [1.807, 2.05) is 40.5 Å². The molecule has 1 aliphatic heterocycles. The van der Waals surface area contributed by atoms with Gasteiger partial charge in [0.2, 0.25) is 11.7 Å². The Kier molecular flexibility index (Phi) is 6.13. The van der Waals surface area contributed by atoms with E-state index < -0.39 is 0 Å². The Hall–Kier alpha value is -2.35. The first-order valence-electron chi connectivity index (χ1n) is 10.8. The van der Waals surface area contributed by atoms with Crippen LogP contribution in [-0.2, 0) is 11.3 Å². The van der Waals surface area contributed by atoms with Crippen molar-refractivity contribution in [2.45, 2.75) is 63.4 Å². The summed E-state index contributed by atoms with van der Waals surface area (Å²) in [5.41, 5.74) is 0.739. The number of likely N-dealkylation sites (tertiary alicyclic amines) is 1. The summed E-state index contributed by atoms with van der Waals surface area (Å²) >= 11 is 1.42. The Labute approximate surface area is 180 Å². The van der Waals surface area contributed by atoms with E-state index >= 15 is 0 Å². The Morgan fingerprint density at radius 3 is 2.57 bits per heavy atom. The normalized spacial score (nSPS) is 15.9. The maximum Gasteiger partial charge on any atom is 0.262 e. The van der Waals surface area contributed by atoms with Crippen LogP contribution >= 0.6 is 11.8 Å². The number of hydrogen-bond donors (Lipinski definition) is 0. The van der Waals surface area contributed by atoms with Gasteiger partial charge in [-0.2, -0.15) is 0 Å². The Morgan fingerprint density at radius 1 is 1.10 bits per heavy atom. The number of piperidine rings is 1. The molecule has 1 aromatic carbocycles. The van der Waals surface area contributed by atoms with Gasteiger partial charge in [-0.05, 0) is 50.7 Å². The molecule has 0 aliphatic carbocycles. The molecule has 0 N–H and O–H groups in total. The zero-order valence-corrected chi connectivity index (χ0v) is 18.7. The van der Waals surface area contributed by atoms with E-state index in [1.165, 1.54) is 18.2 Å². The van der Waals surface area contributed by atoms with E-state index in [4.69, 9.17) is 0 Å². The van der Waals surface area contributed by atoms with Crippen LogP contribution < -0.4 is 5.56 Å². The number of carbonyl (C=O) groups is 1. The highest BCUT2D eigenvalue weighted by molar-refractivity contribution is 8.00. The van der Waals surface area contributed by atoms with Gasteiger partial charge in [0.05, 0.1) is 16.2 Å². The number of rotatable bonds is 6. The highest BCUT2D eigenvalue weighted by Crippen LogP contribution is 2.27. The summed E-state index contributed by atoms with van der Waals surface area (Å²) in [6, 6.07) is 7.55. The molecule has 1 atom stereocenters. The van der Waals surface area contributed by atoms with Crippen molar-refractivity contribution in [2.75, 3.05) is 13.1 Å². The lowest BCUT2D eigenvalue weighted by atomic mass is 10.1. The standard InChI is InChI=1S/C22H29N5O2S/c1-15(2)11-14-26-20(29)17-9-5-6-10-18(17)27-21(26)23-24-22(27)30-16(3)19(28)25-12-7-4-8-13-25/h5-6,9-10,15-16H,4,7-8,11-14H2,1-3H3/t16-/m0/s1. The monoisotopic (exact) mass is 427 g/mol. The van der Waals surface area contributed by atoms with E-state index in [2.05, 4.69) is 24.0 Å². The molecule has 3 heterocycles. The SMILES string of the molecule is CC(C)CCn1c(=O)c2ccccc2n2c(S[C@@H](C)C(=O)N3CCCCC3)nnc12. The molecule has 8 heteroatoms. The van der Waals surface area contributed by atoms with Gasteiger partial charge in [0.15, 0.2) is 5.16 Å². The number of para-hydroxylation sites is 1. The number of hydrogen-bond acceptors (Lipinski definition) is 5. The molecule has 2 aromatic heterocycles. The third-order valence-corrected chi connectivity index (χ3v) is 6.74. The van der Waals surface area contributed by atoms with Crippen LogP contribution in [0.3, 0.4) is 0 Å². The Balaban J connectivity index is 1.74. The van der Waals surface area contributed by atoms with Crippen LogP contribution in [0, 0.1) is 5.92 Å². The van der Waals surface area contributed by atoms with E-state index in [1.54, 1.807) is 4.57 Å². The van der Waals surface area contributed by atoms with Crippen molar-refractivity contribution in [3.63, 3.8) is 0 Å². The zero-order chi connectivity index (χ0) is 21.3. The van der Waals surface area contributed by atoms with Gasteiger partial charge in [0.25, 0.3) is 5.56 Å². The quantitative estimate of drug-likeness (QED) is 0.562. The lowest BCUT2D eigenvalue weighted by Crippen LogP contribution is -2.40. The second-order valence-corrected chi connectivity index (χ2v) is 9.73. The molecule has 1 saturated heterocycles. The van der Waals surface area contributed by atoms with Crippen LogP contribution in [0.15, 0.2) is 34.2 Å². The number of amides is 1. The zero-order valence-electron chi connectivity index (χ0n) is 17.9. The van der Waals surface area contributed by atoms with E-state index in [0.29, 0.717) is 28.8 Å². The molecule has 4 rings (SSSR count). The highest BCUT2D eigenvalue weighted by Gasteiger charge is 2.25. The number of carbonyl (C=O) groups excluding carboxylic acids is 1. The van der Waals surface area contributed by atoms with Gasteiger partial charge >= 0.3 is 0 Å². The lowest BCUT2D eigenvalue weighted by Gasteiger charge is -2.28. The summed E-state index contributed by atoms with van der Waals surface area (Å²) in [6.45, 7) is 8.48. The van der Waals surface area contributed by atoms with Gasteiger partial charge in [-0.1, -0.05) is 37.7 Å². The summed E-state index contributed by atoms with van der Waals surface area (Å²) in [6.07, 6.45) is 4.22. The topological polar surface area (TPSA) is 72.5 Å². The Bertz CT molecular complexity index is 1110. The first-order chi connectivity index (χ1) is 14.5. The van der Waals surface area contributed by atoms with Crippen LogP contribution in [0.25, 0.3) is 16.7 Å². The molecule has 0 radical (unpaired) electrons. The van der Waals surface area contributed by atoms with Crippen molar-refractivity contribution in [3.8, 4) is 0 Å². The van der Waals surface area contributed by atoms with Crippen molar-refractivity contribution < 1.29 is 4.79 Å². The second kappa shape index (κ2) is 8.79. The van der Waals surface area contributed by atoms with Crippen LogP contribution in [-0.4, -0.2) is 48.3 Å². The molecule has 160 valence electrons. The molecule has 1 fully saturated rings. The van der Waals surface area contributed by atoms with Crippen molar-refractivity contribution in [2.24, 2.45) is 5.92 Å². The largest absolute Gasteiger partial charge is 0.342 e. The summed E-state index contributed by atoms with van der Waals surface area (Å²) in [5.74, 6) is 1.16. The van der Waals surface area contributed by atoms with Crippen molar-refractivity contribution in [3.05, 3.63) is 34.6 Å². The number of benzene rings is 1. The van der Waals surface area contributed by atoms with Gasteiger partial charge in [-0.15, -0.1) is 10.2 Å². The predicted octanol–water partition coefficient (Wildman–Crippen LogP) is 3.58. The molecule has 0 unspecified atom stereocenters. The van der Waals surface area contributed by atoms with E-state index in [0.717, 1.165) is 37.9 Å². The highest BCUT2D eigenvalue weighted by atomic mass is 32.2. The molecular formula is C22H29N5O2S. The summed E-state index contributed by atoms with van der Waals surface area (Å²) < 4.78 is 3.65. The van der Waals surface area contributed by atoms with Gasteiger partial charge in [-0.3, -0.25) is 18.6 Å². The van der Waals surface area contributed by atoms with Gasteiger partial charge < -0.3 is 4.90 Å². The van der Waals surface area contributed by atoms with Crippen LogP contribution in [0.1, 0.15) is 46.5 Å². The molecular weight excluding hydrogens is 398 g/mol. The number of nitrogens with zero attached hydrogens (tertiary/aromatic N) is 5. The number of aryl methyl sites for hydroxylation is 1. The van der Waals surface area contributed by atoms with E-state index in [-0.39, 0.29) is 16.7 Å². The minimum absolute atomic E-state index is 0.0415. The average molecular weight is 428 g/mol. The number of thioether (sulfide) groups is 1. The molecule has 3 aromatic rings. The fourth-order valence-electron chi connectivity index (χ4n) is 3.98. The van der Waals surface area contributed by atoms with Crippen LogP contribution in [0.5, 0.6) is 0 Å². The first-order valence-corrected chi connectivity index (χ1v) is 11.7. The maximum absolute atomic E-state index is 13.1. The van der Waals surface area contributed by atoms with Crippen molar-refractivity contribution in [1.29, 1.82) is 0 Å². The predicted molar refractivity (Wildman–Crippen MR) is 120 cm³/mol. The van der Waals surface area contributed by atoms with Gasteiger partial charge in [0.1, 0.15) is 0 Å². The second-order valence-electron chi connectivity index (χ2n) is 8.42.